The zero-order chi connectivity index (χ0) is 14.8. The van der Waals surface area contributed by atoms with Crippen LogP contribution in [-0.2, 0) is 16.1 Å². The van der Waals surface area contributed by atoms with Crippen molar-refractivity contribution in [1.82, 2.24) is 15.2 Å². The fourth-order valence-corrected chi connectivity index (χ4v) is 2.13. The van der Waals surface area contributed by atoms with E-state index in [1.165, 1.54) is 13.4 Å². The van der Waals surface area contributed by atoms with Gasteiger partial charge in [-0.3, -0.25) is 9.59 Å². The van der Waals surface area contributed by atoms with Crippen molar-refractivity contribution in [3.05, 3.63) is 17.8 Å². The molecule has 0 atom stereocenters. The predicted octanol–water partition coefficient (Wildman–Crippen LogP) is 0.704. The zero-order valence-corrected chi connectivity index (χ0v) is 12.0. The van der Waals surface area contributed by atoms with Crippen LogP contribution in [0.5, 0.6) is 0 Å². The van der Waals surface area contributed by atoms with Crippen molar-refractivity contribution in [2.75, 3.05) is 13.7 Å². The fourth-order valence-electron chi connectivity index (χ4n) is 2.13. The lowest BCUT2D eigenvalue weighted by Crippen LogP contribution is -2.35. The Morgan fingerprint density at radius 2 is 2.19 bits per heavy atom. The molecule has 2 aliphatic rings. The quantitative estimate of drug-likeness (QED) is 0.800. The Hall–Kier alpha value is -1.89. The van der Waals surface area contributed by atoms with E-state index in [0.29, 0.717) is 5.89 Å². The van der Waals surface area contributed by atoms with Crippen LogP contribution < -0.4 is 5.32 Å². The standard InChI is InChI=1S/C14H19N3O4/c1-20-8-13(18)17(10-4-5-10)6-12-16-11(7-21-12)14(19)15-9-2-3-9/h7,9-10H,2-6,8H2,1H3,(H,15,19). The molecule has 3 rings (SSSR count). The van der Waals surface area contributed by atoms with Gasteiger partial charge in [-0.1, -0.05) is 0 Å². The Labute approximate surface area is 122 Å². The van der Waals surface area contributed by atoms with Crippen LogP contribution in [-0.4, -0.2) is 47.5 Å². The first-order chi connectivity index (χ1) is 10.2. The Balaban J connectivity index is 1.61. The van der Waals surface area contributed by atoms with Gasteiger partial charge in [0.05, 0.1) is 6.54 Å². The van der Waals surface area contributed by atoms with Crippen LogP contribution in [0.2, 0.25) is 0 Å². The third-order valence-electron chi connectivity index (χ3n) is 3.58. The topological polar surface area (TPSA) is 84.7 Å². The molecule has 1 aromatic heterocycles. The average Bonchev–Trinajstić information content (AvgIpc) is 3.38. The van der Waals surface area contributed by atoms with Gasteiger partial charge in [-0.2, -0.15) is 0 Å². The number of rotatable bonds is 7. The molecule has 2 aliphatic carbocycles. The number of carbonyl (C=O) groups excluding carboxylic acids is 2. The third-order valence-corrected chi connectivity index (χ3v) is 3.58. The number of amides is 2. The smallest absolute Gasteiger partial charge is 0.273 e. The maximum atomic E-state index is 12.0. The van der Waals surface area contributed by atoms with Gasteiger partial charge in [-0.05, 0) is 25.7 Å². The van der Waals surface area contributed by atoms with Crippen molar-refractivity contribution >= 4 is 11.8 Å². The largest absolute Gasteiger partial charge is 0.446 e. The average molecular weight is 293 g/mol. The minimum atomic E-state index is -0.214. The Bertz CT molecular complexity index is 534. The summed E-state index contributed by atoms with van der Waals surface area (Å²) >= 11 is 0. The molecule has 7 nitrogen and oxygen atoms in total. The molecule has 0 unspecified atom stereocenters. The molecule has 114 valence electrons. The van der Waals surface area contributed by atoms with Gasteiger partial charge in [0.25, 0.3) is 5.91 Å². The lowest BCUT2D eigenvalue weighted by Gasteiger charge is -2.20. The molecule has 1 heterocycles. The van der Waals surface area contributed by atoms with Gasteiger partial charge in [0, 0.05) is 19.2 Å². The van der Waals surface area contributed by atoms with E-state index in [-0.39, 0.29) is 42.7 Å². The zero-order valence-electron chi connectivity index (χ0n) is 12.0. The minimum absolute atomic E-state index is 0.0478. The third kappa shape index (κ3) is 3.60. The highest BCUT2D eigenvalue weighted by Crippen LogP contribution is 2.28. The van der Waals surface area contributed by atoms with E-state index >= 15 is 0 Å². The molecular formula is C14H19N3O4. The lowest BCUT2D eigenvalue weighted by molar-refractivity contribution is -0.136. The second-order valence-electron chi connectivity index (χ2n) is 5.56. The lowest BCUT2D eigenvalue weighted by atomic mass is 10.4. The highest BCUT2D eigenvalue weighted by molar-refractivity contribution is 5.92. The number of aromatic nitrogens is 1. The van der Waals surface area contributed by atoms with Crippen molar-refractivity contribution in [2.45, 2.75) is 44.3 Å². The molecule has 0 saturated heterocycles. The van der Waals surface area contributed by atoms with Crippen LogP contribution in [0, 0.1) is 0 Å². The van der Waals surface area contributed by atoms with Crippen LogP contribution in [0.3, 0.4) is 0 Å². The number of hydrogen-bond acceptors (Lipinski definition) is 5. The molecule has 0 bridgehead atoms. The monoisotopic (exact) mass is 293 g/mol. The van der Waals surface area contributed by atoms with Gasteiger partial charge >= 0.3 is 0 Å². The maximum absolute atomic E-state index is 12.0. The summed E-state index contributed by atoms with van der Waals surface area (Å²) in [4.78, 5) is 29.7. The number of carbonyl (C=O) groups is 2. The number of methoxy groups -OCH3 is 1. The van der Waals surface area contributed by atoms with Crippen molar-refractivity contribution in [3.63, 3.8) is 0 Å². The van der Waals surface area contributed by atoms with Gasteiger partial charge in [0.15, 0.2) is 5.69 Å². The van der Waals surface area contributed by atoms with E-state index in [1.54, 1.807) is 4.90 Å². The van der Waals surface area contributed by atoms with Crippen molar-refractivity contribution < 1.29 is 18.7 Å². The van der Waals surface area contributed by atoms with Crippen LogP contribution in [0.15, 0.2) is 10.7 Å². The molecule has 2 fully saturated rings. The highest BCUT2D eigenvalue weighted by Gasteiger charge is 2.33. The molecule has 0 radical (unpaired) electrons. The Morgan fingerprint density at radius 1 is 1.43 bits per heavy atom. The molecule has 7 heteroatoms. The molecular weight excluding hydrogens is 274 g/mol. The molecule has 2 amide bonds. The molecule has 21 heavy (non-hydrogen) atoms. The van der Waals surface area contributed by atoms with Crippen molar-refractivity contribution in [1.29, 1.82) is 0 Å². The second-order valence-corrected chi connectivity index (χ2v) is 5.56. The molecule has 2 saturated carbocycles. The number of nitrogens with one attached hydrogen (secondary N) is 1. The van der Waals surface area contributed by atoms with E-state index in [0.717, 1.165) is 25.7 Å². The number of ether oxygens (including phenoxy) is 1. The van der Waals surface area contributed by atoms with E-state index in [1.807, 2.05) is 0 Å². The van der Waals surface area contributed by atoms with Crippen LogP contribution in [0.4, 0.5) is 0 Å². The fraction of sp³-hybridized carbons (Fsp3) is 0.643. The normalized spacial score (nSPS) is 17.6. The predicted molar refractivity (Wildman–Crippen MR) is 72.4 cm³/mol. The van der Waals surface area contributed by atoms with Gasteiger partial charge < -0.3 is 19.4 Å². The number of nitrogens with zero attached hydrogens (tertiary/aromatic N) is 2. The van der Waals surface area contributed by atoms with Gasteiger partial charge in [-0.15, -0.1) is 0 Å². The number of oxazole rings is 1. The summed E-state index contributed by atoms with van der Waals surface area (Å²) in [7, 11) is 1.49. The SMILES string of the molecule is COCC(=O)N(Cc1nc(C(=O)NC2CC2)co1)C1CC1. The van der Waals surface area contributed by atoms with E-state index in [9.17, 15) is 9.59 Å². The minimum Gasteiger partial charge on any atom is -0.446 e. The molecule has 0 aromatic carbocycles. The summed E-state index contributed by atoms with van der Waals surface area (Å²) in [5, 5.41) is 2.85. The summed E-state index contributed by atoms with van der Waals surface area (Å²) < 4.78 is 10.2. The van der Waals surface area contributed by atoms with Gasteiger partial charge in [0.1, 0.15) is 12.9 Å². The molecule has 0 aliphatic heterocycles. The van der Waals surface area contributed by atoms with E-state index in [2.05, 4.69) is 10.3 Å². The first-order valence-corrected chi connectivity index (χ1v) is 7.21. The first kappa shape index (κ1) is 14.1. The van der Waals surface area contributed by atoms with Crippen molar-refractivity contribution in [2.24, 2.45) is 0 Å². The van der Waals surface area contributed by atoms with Crippen LogP contribution in [0.1, 0.15) is 42.1 Å². The number of hydrogen-bond donors (Lipinski definition) is 1. The second kappa shape index (κ2) is 5.85. The van der Waals surface area contributed by atoms with Crippen molar-refractivity contribution in [3.8, 4) is 0 Å². The van der Waals surface area contributed by atoms with Gasteiger partial charge in [-0.25, -0.2) is 4.98 Å². The summed E-state index contributed by atoms with van der Waals surface area (Å²) in [5.41, 5.74) is 0.270. The maximum Gasteiger partial charge on any atom is 0.273 e. The highest BCUT2D eigenvalue weighted by atomic mass is 16.5. The summed E-state index contributed by atoms with van der Waals surface area (Å²) in [6, 6.07) is 0.521. The van der Waals surface area contributed by atoms with Crippen LogP contribution >= 0.6 is 0 Å². The molecule has 0 spiro atoms. The first-order valence-electron chi connectivity index (χ1n) is 7.21. The summed E-state index contributed by atoms with van der Waals surface area (Å²) in [6.45, 7) is 0.329. The molecule has 1 aromatic rings. The Kier molecular flexibility index (Phi) is 3.92. The Morgan fingerprint density at radius 3 is 2.81 bits per heavy atom. The van der Waals surface area contributed by atoms with Gasteiger partial charge in [0.2, 0.25) is 11.8 Å². The van der Waals surface area contributed by atoms with Crippen LogP contribution in [0.25, 0.3) is 0 Å². The molecule has 1 N–H and O–H groups in total. The summed E-state index contributed by atoms with van der Waals surface area (Å²) in [6.07, 6.45) is 5.38. The van der Waals surface area contributed by atoms with E-state index in [4.69, 9.17) is 9.15 Å². The summed E-state index contributed by atoms with van der Waals surface area (Å²) in [5.74, 6) is 0.0863. The van der Waals surface area contributed by atoms with E-state index < -0.39 is 0 Å².